The summed E-state index contributed by atoms with van der Waals surface area (Å²) in [5.41, 5.74) is 2.72. The van der Waals surface area contributed by atoms with Gasteiger partial charge in [-0.15, -0.1) is 0 Å². The Bertz CT molecular complexity index is 516. The maximum atomic E-state index is 11.1. The number of amides is 1. The first-order valence-corrected chi connectivity index (χ1v) is 4.50. The van der Waals surface area contributed by atoms with Crippen molar-refractivity contribution in [3.05, 3.63) is 23.9 Å². The Balaban J connectivity index is 2.24. The van der Waals surface area contributed by atoms with Crippen molar-refractivity contribution in [1.29, 1.82) is 0 Å². The van der Waals surface area contributed by atoms with E-state index in [1.165, 1.54) is 0 Å². The van der Waals surface area contributed by atoms with Crippen LogP contribution >= 0.6 is 0 Å². The molecule has 2 heterocycles. The molecule has 0 aliphatic carbocycles. The van der Waals surface area contributed by atoms with Gasteiger partial charge in [-0.2, -0.15) is 0 Å². The van der Waals surface area contributed by atoms with E-state index in [9.17, 15) is 4.79 Å². The predicted molar refractivity (Wildman–Crippen MR) is 51.0 cm³/mol. The van der Waals surface area contributed by atoms with Gasteiger partial charge in [0.25, 0.3) is 0 Å². The number of hydrogen-bond acceptors (Lipinski definition) is 3. The van der Waals surface area contributed by atoms with Gasteiger partial charge in [0.15, 0.2) is 5.58 Å². The summed E-state index contributed by atoms with van der Waals surface area (Å²) in [5, 5.41) is 7.50. The van der Waals surface area contributed by atoms with Gasteiger partial charge in [0, 0.05) is 23.6 Å². The lowest BCUT2D eigenvalue weighted by Crippen LogP contribution is -2.18. The van der Waals surface area contributed by atoms with Crippen molar-refractivity contribution in [3.63, 3.8) is 0 Å². The Morgan fingerprint density at radius 1 is 1.36 bits per heavy atom. The zero-order chi connectivity index (χ0) is 9.54. The van der Waals surface area contributed by atoms with Gasteiger partial charge in [0.2, 0.25) is 5.91 Å². The third-order valence-corrected chi connectivity index (χ3v) is 2.47. The highest BCUT2D eigenvalue weighted by molar-refractivity contribution is 5.96. The Hall–Kier alpha value is -1.84. The second-order valence-electron chi connectivity index (χ2n) is 3.42. The van der Waals surface area contributed by atoms with Gasteiger partial charge in [-0.25, -0.2) is 0 Å². The van der Waals surface area contributed by atoms with Crippen LogP contribution in [0.5, 0.6) is 0 Å². The second kappa shape index (κ2) is 2.57. The Morgan fingerprint density at radius 3 is 3.21 bits per heavy atom. The van der Waals surface area contributed by atoms with Crippen molar-refractivity contribution in [2.24, 2.45) is 0 Å². The summed E-state index contributed by atoms with van der Waals surface area (Å²) in [6, 6.07) is 3.84. The van der Waals surface area contributed by atoms with Crippen LogP contribution in [0.1, 0.15) is 12.0 Å². The summed E-state index contributed by atoms with van der Waals surface area (Å²) in [5.74, 6) is 0.0661. The molecule has 70 valence electrons. The van der Waals surface area contributed by atoms with Crippen molar-refractivity contribution in [1.82, 2.24) is 5.16 Å². The topological polar surface area (TPSA) is 55.1 Å². The Labute approximate surface area is 79.9 Å². The van der Waals surface area contributed by atoms with Crippen molar-refractivity contribution < 1.29 is 9.32 Å². The van der Waals surface area contributed by atoms with Crippen LogP contribution < -0.4 is 5.32 Å². The quantitative estimate of drug-likeness (QED) is 0.684. The molecule has 1 aromatic heterocycles. The largest absolute Gasteiger partial charge is 0.356 e. The summed E-state index contributed by atoms with van der Waals surface area (Å²) in [6.07, 6.45) is 3.04. The number of nitrogens with zero attached hydrogens (tertiary/aromatic N) is 1. The highest BCUT2D eigenvalue weighted by atomic mass is 16.5. The van der Waals surface area contributed by atoms with Crippen LogP contribution in [0.3, 0.4) is 0 Å². The van der Waals surface area contributed by atoms with Crippen LogP contribution in [0.2, 0.25) is 0 Å². The number of fused-ring (bicyclic) bond motifs is 2. The molecule has 0 unspecified atom stereocenters. The number of anilines is 1. The van der Waals surface area contributed by atoms with Gasteiger partial charge >= 0.3 is 0 Å². The first-order valence-electron chi connectivity index (χ1n) is 4.50. The van der Waals surface area contributed by atoms with E-state index in [0.717, 1.165) is 23.1 Å². The fourth-order valence-corrected chi connectivity index (χ4v) is 1.75. The molecular weight excluding hydrogens is 180 g/mol. The number of benzene rings is 1. The van der Waals surface area contributed by atoms with Gasteiger partial charge in [0.05, 0.1) is 6.20 Å². The molecule has 14 heavy (non-hydrogen) atoms. The van der Waals surface area contributed by atoms with Gasteiger partial charge < -0.3 is 9.84 Å². The second-order valence-corrected chi connectivity index (χ2v) is 3.42. The molecule has 1 aliphatic heterocycles. The van der Waals surface area contributed by atoms with Crippen molar-refractivity contribution >= 4 is 22.6 Å². The number of rotatable bonds is 0. The number of carbonyl (C=O) groups excluding carboxylic acids is 1. The number of hydrogen-bond donors (Lipinski definition) is 1. The summed E-state index contributed by atoms with van der Waals surface area (Å²) in [7, 11) is 0. The monoisotopic (exact) mass is 188 g/mol. The van der Waals surface area contributed by atoms with Crippen LogP contribution in [0.4, 0.5) is 5.69 Å². The third kappa shape index (κ3) is 1.00. The molecule has 0 spiro atoms. The Kier molecular flexibility index (Phi) is 1.39. The minimum atomic E-state index is 0.0661. The lowest BCUT2D eigenvalue weighted by Gasteiger charge is -2.15. The molecule has 1 aliphatic rings. The smallest absolute Gasteiger partial charge is 0.224 e. The predicted octanol–water partition coefficient (Wildman–Crippen LogP) is 1.71. The normalized spacial score (nSPS) is 15.3. The Morgan fingerprint density at radius 2 is 2.29 bits per heavy atom. The van der Waals surface area contributed by atoms with E-state index >= 15 is 0 Å². The van der Waals surface area contributed by atoms with Gasteiger partial charge in [-0.05, 0) is 18.1 Å². The van der Waals surface area contributed by atoms with Gasteiger partial charge in [-0.3, -0.25) is 4.79 Å². The molecule has 4 heteroatoms. The minimum Gasteiger partial charge on any atom is -0.356 e. The number of aromatic nitrogens is 1. The van der Waals surface area contributed by atoms with E-state index in [1.54, 1.807) is 6.20 Å². The van der Waals surface area contributed by atoms with Crippen LogP contribution in [-0.4, -0.2) is 11.1 Å². The highest BCUT2D eigenvalue weighted by Crippen LogP contribution is 2.27. The molecule has 0 atom stereocenters. The molecular formula is C10H8N2O2. The molecule has 0 fully saturated rings. The fourth-order valence-electron chi connectivity index (χ4n) is 1.75. The summed E-state index contributed by atoms with van der Waals surface area (Å²) in [6.45, 7) is 0. The van der Waals surface area contributed by atoms with Crippen molar-refractivity contribution in [2.75, 3.05) is 5.32 Å². The van der Waals surface area contributed by atoms with Crippen LogP contribution in [0.15, 0.2) is 22.9 Å². The van der Waals surface area contributed by atoms with Crippen molar-refractivity contribution in [3.8, 4) is 0 Å². The standard InChI is InChI=1S/C10H8N2O2/c13-10-2-1-6-3-7-5-11-14-9(7)4-8(6)12-10/h3-5H,1-2H2,(H,12,13). The maximum absolute atomic E-state index is 11.1. The molecule has 4 nitrogen and oxygen atoms in total. The third-order valence-electron chi connectivity index (χ3n) is 2.47. The molecule has 0 saturated carbocycles. The molecule has 0 radical (unpaired) electrons. The zero-order valence-corrected chi connectivity index (χ0v) is 7.41. The number of aryl methyl sites for hydroxylation is 1. The number of nitrogens with one attached hydrogen (secondary N) is 1. The van der Waals surface area contributed by atoms with E-state index in [4.69, 9.17) is 4.52 Å². The average Bonchev–Trinajstić information content (AvgIpc) is 2.61. The lowest BCUT2D eigenvalue weighted by atomic mass is 10.0. The van der Waals surface area contributed by atoms with Crippen LogP contribution in [0.25, 0.3) is 11.0 Å². The SMILES string of the molecule is O=C1CCc2cc3cnoc3cc2N1. The van der Waals surface area contributed by atoms with E-state index in [1.807, 2.05) is 12.1 Å². The molecule has 2 aromatic rings. The lowest BCUT2D eigenvalue weighted by molar-refractivity contribution is -0.116. The minimum absolute atomic E-state index is 0.0661. The summed E-state index contributed by atoms with van der Waals surface area (Å²) < 4.78 is 5.02. The van der Waals surface area contributed by atoms with Crippen LogP contribution in [-0.2, 0) is 11.2 Å². The first kappa shape index (κ1) is 7.55. The highest BCUT2D eigenvalue weighted by Gasteiger charge is 2.16. The van der Waals surface area contributed by atoms with Gasteiger partial charge in [-0.1, -0.05) is 5.16 Å². The molecule has 1 amide bonds. The van der Waals surface area contributed by atoms with E-state index < -0.39 is 0 Å². The van der Waals surface area contributed by atoms with Crippen molar-refractivity contribution in [2.45, 2.75) is 12.8 Å². The maximum Gasteiger partial charge on any atom is 0.224 e. The molecule has 1 aromatic carbocycles. The van der Waals surface area contributed by atoms with E-state index in [0.29, 0.717) is 12.0 Å². The van der Waals surface area contributed by atoms with E-state index in [2.05, 4.69) is 10.5 Å². The van der Waals surface area contributed by atoms with Crippen LogP contribution in [0, 0.1) is 0 Å². The summed E-state index contributed by atoms with van der Waals surface area (Å²) >= 11 is 0. The molecule has 0 bridgehead atoms. The molecule has 3 rings (SSSR count). The average molecular weight is 188 g/mol. The van der Waals surface area contributed by atoms with Gasteiger partial charge in [0.1, 0.15) is 0 Å². The summed E-state index contributed by atoms with van der Waals surface area (Å²) in [4.78, 5) is 11.1. The fraction of sp³-hybridized carbons (Fsp3) is 0.200. The molecule has 1 N–H and O–H groups in total. The first-order chi connectivity index (χ1) is 6.83. The van der Waals surface area contributed by atoms with E-state index in [-0.39, 0.29) is 5.91 Å². The number of carbonyl (C=O) groups is 1. The zero-order valence-electron chi connectivity index (χ0n) is 7.41. The molecule has 0 saturated heterocycles.